The Morgan fingerprint density at radius 1 is 0.683 bits per heavy atom. The molecule has 6 heteroatoms. The number of hydrogen-bond acceptors (Lipinski definition) is 2. The molecular formula is C57H54N4OPt-2. The largest absolute Gasteiger partial charge is 0.510 e. The summed E-state index contributed by atoms with van der Waals surface area (Å²) >= 11 is 0. The summed E-state index contributed by atoms with van der Waals surface area (Å²) in [7, 11) is 0. The zero-order chi connectivity index (χ0) is 47.7. The summed E-state index contributed by atoms with van der Waals surface area (Å²) in [5.74, 6) is 1.81. The van der Waals surface area contributed by atoms with Crippen molar-refractivity contribution in [2.45, 2.75) is 79.6 Å². The summed E-state index contributed by atoms with van der Waals surface area (Å²) in [5.41, 5.74) is 8.83. The molecule has 0 atom stereocenters. The zero-order valence-electron chi connectivity index (χ0n) is 42.3. The van der Waals surface area contributed by atoms with Crippen LogP contribution in [0.1, 0.15) is 85.9 Å². The minimum atomic E-state index is -0.439. The van der Waals surface area contributed by atoms with Crippen LogP contribution in [0.5, 0.6) is 11.5 Å². The van der Waals surface area contributed by atoms with Gasteiger partial charge in [-0.1, -0.05) is 153 Å². The van der Waals surface area contributed by atoms with E-state index in [0.717, 1.165) is 56.3 Å². The number of ether oxygens (including phenoxy) is 1. The first kappa shape index (κ1) is 37.5. The molecule has 0 saturated carbocycles. The minimum absolute atomic E-state index is 0. The van der Waals surface area contributed by atoms with Gasteiger partial charge in [-0.15, -0.1) is 29.7 Å². The third kappa shape index (κ3) is 9.08. The molecule has 9 aromatic rings. The molecule has 0 aliphatic rings. The van der Waals surface area contributed by atoms with Gasteiger partial charge in [0.2, 0.25) is 0 Å². The molecule has 63 heavy (non-hydrogen) atoms. The molecule has 0 aliphatic carbocycles. The van der Waals surface area contributed by atoms with Crippen molar-refractivity contribution in [1.82, 2.24) is 14.1 Å². The van der Waals surface area contributed by atoms with Crippen LogP contribution in [0.2, 0.25) is 0 Å². The smallest absolute Gasteiger partial charge is 0.267 e. The van der Waals surface area contributed by atoms with E-state index in [-0.39, 0.29) is 55.0 Å². The molecule has 0 aliphatic heterocycles. The van der Waals surface area contributed by atoms with Crippen LogP contribution >= 0.6 is 0 Å². The first-order valence-corrected chi connectivity index (χ1v) is 21.2. The molecule has 0 bridgehead atoms. The molecule has 0 unspecified atom stereocenters. The number of nitrogens with zero attached hydrogens (tertiary/aromatic N) is 4. The minimum Gasteiger partial charge on any atom is -0.510 e. The summed E-state index contributed by atoms with van der Waals surface area (Å²) in [6.07, 6.45) is 10.0. The molecule has 5 nitrogen and oxygen atoms in total. The van der Waals surface area contributed by atoms with E-state index < -0.39 is 18.1 Å². The van der Waals surface area contributed by atoms with Gasteiger partial charge in [0.15, 0.2) is 0 Å². The average molecular weight is 1010 g/mol. The van der Waals surface area contributed by atoms with E-state index in [1.54, 1.807) is 0 Å². The Morgan fingerprint density at radius 3 is 2.08 bits per heavy atom. The van der Waals surface area contributed by atoms with E-state index in [0.29, 0.717) is 28.4 Å². The first-order valence-electron chi connectivity index (χ1n) is 23.7. The van der Waals surface area contributed by atoms with Gasteiger partial charge in [-0.05, 0) is 90.9 Å². The summed E-state index contributed by atoms with van der Waals surface area (Å²) in [6, 6.07) is 39.8. The molecule has 6 aromatic carbocycles. The fourth-order valence-corrected chi connectivity index (χ4v) is 8.08. The maximum absolute atomic E-state index is 9.04. The van der Waals surface area contributed by atoms with Gasteiger partial charge < -0.3 is 13.9 Å². The van der Waals surface area contributed by atoms with Crippen LogP contribution in [-0.2, 0) is 38.3 Å². The Kier molecular flexibility index (Phi) is 10.1. The predicted octanol–water partition coefficient (Wildman–Crippen LogP) is 14.0. The average Bonchev–Trinajstić information content (AvgIpc) is 3.90. The van der Waals surface area contributed by atoms with Gasteiger partial charge in [-0.2, -0.15) is 18.2 Å². The van der Waals surface area contributed by atoms with E-state index in [2.05, 4.69) is 134 Å². The number of aromatic nitrogens is 4. The summed E-state index contributed by atoms with van der Waals surface area (Å²) in [4.78, 5) is 4.83. The SMILES string of the molecule is [2H]c1c([2H])c([2H])c(-c2cccc(-c3cc(C(C)(C)C)cc(C(C)(C)C)c3)c2-[n+]2[c-]n(-c3[c-]c(Oc4[c-]c5c(cc4)c4ccccc4n5-c4cc(CC(C)(C)C)ccn4)ccc3)cc2)c([2H])c1[2H].[Pt]. The van der Waals surface area contributed by atoms with Crippen LogP contribution in [-0.4, -0.2) is 14.1 Å². The molecule has 3 aromatic heterocycles. The second-order valence-electron chi connectivity index (χ2n) is 19.3. The van der Waals surface area contributed by atoms with E-state index in [9.17, 15) is 0 Å². The Labute approximate surface area is 394 Å². The van der Waals surface area contributed by atoms with Gasteiger partial charge in [0.1, 0.15) is 5.82 Å². The maximum atomic E-state index is 9.04. The molecule has 0 spiro atoms. The van der Waals surface area contributed by atoms with Crippen molar-refractivity contribution in [3.8, 4) is 50.9 Å². The number of rotatable bonds is 8. The summed E-state index contributed by atoms with van der Waals surface area (Å²) in [6.45, 7) is 19.9. The first-order chi connectivity index (χ1) is 31.7. The molecule has 0 fully saturated rings. The van der Waals surface area contributed by atoms with Crippen molar-refractivity contribution >= 4 is 21.8 Å². The van der Waals surface area contributed by atoms with E-state index in [1.807, 2.05) is 82.3 Å². The maximum Gasteiger partial charge on any atom is 0.267 e. The van der Waals surface area contributed by atoms with Crippen LogP contribution in [0.3, 0.4) is 0 Å². The number of fused-ring (bicyclic) bond motifs is 3. The third-order valence-corrected chi connectivity index (χ3v) is 11.2. The predicted molar refractivity (Wildman–Crippen MR) is 254 cm³/mol. The van der Waals surface area contributed by atoms with E-state index in [4.69, 9.17) is 16.6 Å². The monoisotopic (exact) mass is 1010 g/mol. The zero-order valence-corrected chi connectivity index (χ0v) is 39.5. The molecule has 0 amide bonds. The molecule has 0 radical (unpaired) electrons. The second-order valence-corrected chi connectivity index (χ2v) is 19.3. The number of para-hydroxylation sites is 2. The van der Waals surface area contributed by atoms with Crippen LogP contribution in [0.25, 0.3) is 61.3 Å². The van der Waals surface area contributed by atoms with E-state index >= 15 is 0 Å². The van der Waals surface area contributed by atoms with Crippen molar-refractivity contribution in [3.63, 3.8) is 0 Å². The van der Waals surface area contributed by atoms with Crippen LogP contribution in [0, 0.1) is 23.9 Å². The number of benzene rings is 6. The van der Waals surface area contributed by atoms with Gasteiger partial charge >= 0.3 is 0 Å². The fourth-order valence-electron chi connectivity index (χ4n) is 8.08. The Balaban J connectivity index is 0.00000625. The molecule has 3 heterocycles. The Hall–Kier alpha value is -6.03. The number of pyridine rings is 1. The number of hydrogen-bond donors (Lipinski definition) is 0. The van der Waals surface area contributed by atoms with E-state index in [1.165, 1.54) is 5.56 Å². The van der Waals surface area contributed by atoms with Crippen molar-refractivity contribution < 1.29 is 37.2 Å². The molecular weight excluding hydrogens is 952 g/mol. The second kappa shape index (κ2) is 16.9. The van der Waals surface area contributed by atoms with Crippen LogP contribution in [0.15, 0.2) is 152 Å². The Bertz CT molecular complexity index is 3330. The van der Waals surface area contributed by atoms with Crippen molar-refractivity contribution in [1.29, 1.82) is 0 Å². The molecule has 0 saturated heterocycles. The van der Waals surface area contributed by atoms with Crippen molar-refractivity contribution in [2.75, 3.05) is 0 Å². The van der Waals surface area contributed by atoms with Crippen LogP contribution in [0.4, 0.5) is 0 Å². The summed E-state index contributed by atoms with van der Waals surface area (Å²) < 4.78 is 55.9. The quantitative estimate of drug-likeness (QED) is 0.112. The van der Waals surface area contributed by atoms with Gasteiger partial charge in [-0.3, -0.25) is 4.57 Å². The Morgan fingerprint density at radius 2 is 1.37 bits per heavy atom. The normalized spacial score (nSPS) is 13.3. The standard InChI is InChI=1S/C57H54N4O.Pt/c1-55(2,3)37-39-27-28-58-53(31-39)61-51-24-14-13-21-49(51)50-26-25-46(36-52(50)61)62-45-20-15-19-44(35-45)59-29-30-60(38-59)54-47(40-17-11-10-12-18-40)22-16-23-48(54)41-32-42(56(4,5)6)34-43(33-41)57(7,8)9;/h10-34H,37H2,1-9H3;/q-2;/i10D,11D,12D,17D,18D;. The number of imidazole rings is 1. The molecule has 320 valence electrons. The molecule has 0 N–H and O–H groups in total. The van der Waals surface area contributed by atoms with Gasteiger partial charge in [0, 0.05) is 56.7 Å². The van der Waals surface area contributed by atoms with Gasteiger partial charge in [0.05, 0.1) is 12.5 Å². The summed E-state index contributed by atoms with van der Waals surface area (Å²) in [5, 5.41) is 2.14. The fraction of sp³-hybridized carbons (Fsp3) is 0.228. The van der Waals surface area contributed by atoms with Crippen molar-refractivity contribution in [3.05, 3.63) is 187 Å². The van der Waals surface area contributed by atoms with Crippen LogP contribution < -0.4 is 9.30 Å². The van der Waals surface area contributed by atoms with Crippen molar-refractivity contribution in [2.24, 2.45) is 5.41 Å². The van der Waals surface area contributed by atoms with Gasteiger partial charge in [-0.25, -0.2) is 4.98 Å². The van der Waals surface area contributed by atoms with Gasteiger partial charge in [0.25, 0.3) is 6.33 Å². The molecule has 9 rings (SSSR count). The third-order valence-electron chi connectivity index (χ3n) is 11.2. The topological polar surface area (TPSA) is 35.9 Å².